The van der Waals surface area contributed by atoms with Gasteiger partial charge in [0.25, 0.3) is 0 Å². The lowest BCUT2D eigenvalue weighted by molar-refractivity contribution is 0.0683. The Hall–Kier alpha value is -0.990. The predicted molar refractivity (Wildman–Crippen MR) is 82.4 cm³/mol. The Morgan fingerprint density at radius 1 is 1.52 bits per heavy atom. The van der Waals surface area contributed by atoms with Crippen LogP contribution in [0.5, 0.6) is 0 Å². The summed E-state index contributed by atoms with van der Waals surface area (Å²) in [5.41, 5.74) is -0.0107. The molecule has 1 atom stereocenters. The zero-order chi connectivity index (χ0) is 15.6. The monoisotopic (exact) mass is 332 g/mol. The van der Waals surface area contributed by atoms with Gasteiger partial charge in [0.1, 0.15) is 10.6 Å². The fourth-order valence-corrected chi connectivity index (χ4v) is 4.79. The first-order valence-electron chi connectivity index (χ1n) is 6.86. The molecule has 2 N–H and O–H groups in total. The van der Waals surface area contributed by atoms with Gasteiger partial charge >= 0.3 is 5.97 Å². The minimum atomic E-state index is -3.68. The van der Waals surface area contributed by atoms with E-state index in [0.717, 1.165) is 24.3 Å². The van der Waals surface area contributed by atoms with Gasteiger partial charge in [-0.1, -0.05) is 0 Å². The maximum absolute atomic E-state index is 12.4. The number of aromatic nitrogens is 1. The van der Waals surface area contributed by atoms with Gasteiger partial charge in [-0.05, 0) is 38.5 Å². The Kier molecular flexibility index (Phi) is 5.00. The second kappa shape index (κ2) is 6.41. The van der Waals surface area contributed by atoms with E-state index in [9.17, 15) is 18.3 Å². The number of nitrogens with one attached hydrogen (secondary N) is 1. The summed E-state index contributed by atoms with van der Waals surface area (Å²) >= 11 is 1.73. The van der Waals surface area contributed by atoms with Crippen molar-refractivity contribution in [3.63, 3.8) is 0 Å². The Morgan fingerprint density at radius 2 is 2.24 bits per heavy atom. The van der Waals surface area contributed by atoms with Gasteiger partial charge in [-0.2, -0.15) is 11.8 Å². The molecule has 6 nitrogen and oxygen atoms in total. The van der Waals surface area contributed by atoms with Gasteiger partial charge in [-0.15, -0.1) is 0 Å². The van der Waals surface area contributed by atoms with Crippen molar-refractivity contribution in [2.75, 3.05) is 11.5 Å². The average molecular weight is 332 g/mol. The third kappa shape index (κ3) is 3.81. The number of thioether (sulfide) groups is 1. The summed E-state index contributed by atoms with van der Waals surface area (Å²) in [7, 11) is -3.68. The van der Waals surface area contributed by atoms with Crippen LogP contribution in [0.25, 0.3) is 0 Å². The van der Waals surface area contributed by atoms with Crippen LogP contribution in [0.3, 0.4) is 0 Å². The zero-order valence-electron chi connectivity index (χ0n) is 12.1. The minimum Gasteiger partial charge on any atom is -0.477 e. The molecule has 0 spiro atoms. The van der Waals surface area contributed by atoms with E-state index in [1.807, 2.05) is 13.8 Å². The van der Waals surface area contributed by atoms with Crippen LogP contribution in [0, 0.1) is 0 Å². The molecule has 0 bridgehead atoms. The molecule has 1 aliphatic heterocycles. The quantitative estimate of drug-likeness (QED) is 0.860. The summed E-state index contributed by atoms with van der Waals surface area (Å²) in [6.07, 6.45) is 3.21. The molecular formula is C13H20N2O4S2. The van der Waals surface area contributed by atoms with Crippen LogP contribution < -0.4 is 4.72 Å². The number of rotatable bonds is 5. The molecule has 0 aliphatic carbocycles. The highest BCUT2D eigenvalue weighted by atomic mass is 32.2. The van der Waals surface area contributed by atoms with Gasteiger partial charge in [0.2, 0.25) is 10.0 Å². The average Bonchev–Trinajstić information content (AvgIpc) is 2.85. The van der Waals surface area contributed by atoms with Gasteiger partial charge in [0, 0.05) is 24.0 Å². The van der Waals surface area contributed by atoms with E-state index < -0.39 is 16.0 Å². The molecule has 2 rings (SSSR count). The number of carboxylic acids is 1. The molecule has 21 heavy (non-hydrogen) atoms. The molecule has 0 radical (unpaired) electrons. The van der Waals surface area contributed by atoms with Crippen LogP contribution in [-0.2, 0) is 10.0 Å². The Balaban J connectivity index is 2.27. The lowest BCUT2D eigenvalue weighted by Crippen LogP contribution is -2.38. The van der Waals surface area contributed by atoms with E-state index in [-0.39, 0.29) is 22.7 Å². The normalized spacial score (nSPS) is 19.9. The molecule has 1 aromatic rings. The van der Waals surface area contributed by atoms with E-state index >= 15 is 0 Å². The molecule has 1 unspecified atom stereocenters. The molecule has 1 fully saturated rings. The SMILES string of the molecule is CC(C)n1cc(S(=O)(=O)NC2CCCSC2)cc1C(=O)O. The van der Waals surface area contributed by atoms with E-state index in [1.165, 1.54) is 16.8 Å². The lowest BCUT2D eigenvalue weighted by Gasteiger charge is -2.21. The molecule has 0 aromatic carbocycles. The molecular weight excluding hydrogens is 312 g/mol. The summed E-state index contributed by atoms with van der Waals surface area (Å²) in [4.78, 5) is 11.2. The van der Waals surface area contributed by atoms with Crippen LogP contribution in [0.2, 0.25) is 0 Å². The highest BCUT2D eigenvalue weighted by Gasteiger charge is 2.26. The van der Waals surface area contributed by atoms with E-state index in [1.54, 1.807) is 11.8 Å². The molecule has 1 aromatic heterocycles. The van der Waals surface area contributed by atoms with E-state index in [4.69, 9.17) is 0 Å². The molecule has 8 heteroatoms. The molecule has 0 saturated carbocycles. The second-order valence-electron chi connectivity index (χ2n) is 5.40. The summed E-state index contributed by atoms with van der Waals surface area (Å²) < 4.78 is 28.9. The van der Waals surface area contributed by atoms with Crippen LogP contribution in [0.1, 0.15) is 43.2 Å². The maximum Gasteiger partial charge on any atom is 0.352 e. The Labute approximate surface area is 129 Å². The minimum absolute atomic E-state index is 0.0107. The highest BCUT2D eigenvalue weighted by Crippen LogP contribution is 2.22. The van der Waals surface area contributed by atoms with Crippen molar-refractivity contribution < 1.29 is 18.3 Å². The fourth-order valence-electron chi connectivity index (χ4n) is 2.32. The lowest BCUT2D eigenvalue weighted by atomic mass is 10.2. The van der Waals surface area contributed by atoms with Gasteiger partial charge < -0.3 is 9.67 Å². The van der Waals surface area contributed by atoms with Gasteiger partial charge in [0.15, 0.2) is 0 Å². The Morgan fingerprint density at radius 3 is 2.71 bits per heavy atom. The third-order valence-corrected chi connectivity index (χ3v) is 6.09. The first kappa shape index (κ1) is 16.4. The van der Waals surface area contributed by atoms with Crippen molar-refractivity contribution in [3.05, 3.63) is 18.0 Å². The van der Waals surface area contributed by atoms with Crippen LogP contribution in [0.4, 0.5) is 0 Å². The van der Waals surface area contributed by atoms with Crippen LogP contribution in [0.15, 0.2) is 17.2 Å². The first-order valence-corrected chi connectivity index (χ1v) is 9.50. The Bertz CT molecular complexity index is 616. The number of aromatic carboxylic acids is 1. The van der Waals surface area contributed by atoms with Crippen molar-refractivity contribution >= 4 is 27.8 Å². The van der Waals surface area contributed by atoms with Crippen LogP contribution >= 0.6 is 11.8 Å². The third-order valence-electron chi connectivity index (χ3n) is 3.39. The number of carbonyl (C=O) groups is 1. The number of hydrogen-bond acceptors (Lipinski definition) is 4. The van der Waals surface area contributed by atoms with E-state index in [2.05, 4.69) is 4.72 Å². The predicted octanol–water partition coefficient (Wildman–Crippen LogP) is 1.94. The molecule has 1 saturated heterocycles. The maximum atomic E-state index is 12.4. The highest BCUT2D eigenvalue weighted by molar-refractivity contribution is 7.99. The summed E-state index contributed by atoms with van der Waals surface area (Å²) in [5, 5.41) is 9.18. The van der Waals surface area contributed by atoms with Crippen molar-refractivity contribution in [1.82, 2.24) is 9.29 Å². The van der Waals surface area contributed by atoms with Crippen LogP contribution in [-0.4, -0.2) is 41.6 Å². The fraction of sp³-hybridized carbons (Fsp3) is 0.615. The molecule has 2 heterocycles. The van der Waals surface area contributed by atoms with Gasteiger partial charge in [-0.25, -0.2) is 17.9 Å². The smallest absolute Gasteiger partial charge is 0.352 e. The first-order chi connectivity index (χ1) is 9.81. The molecule has 1 aliphatic rings. The van der Waals surface area contributed by atoms with Gasteiger partial charge in [0.05, 0.1) is 0 Å². The summed E-state index contributed by atoms with van der Waals surface area (Å²) in [6, 6.07) is 1.02. The number of hydrogen-bond donors (Lipinski definition) is 2. The molecule has 0 amide bonds. The van der Waals surface area contributed by atoms with Gasteiger partial charge in [-0.3, -0.25) is 0 Å². The number of nitrogens with zero attached hydrogens (tertiary/aromatic N) is 1. The standard InChI is InChI=1S/C13H20N2O4S2/c1-9(2)15-7-11(6-12(15)13(16)17)21(18,19)14-10-4-3-5-20-8-10/h6-7,9-10,14H,3-5,8H2,1-2H3,(H,16,17). The number of carboxylic acid groups (broad SMARTS) is 1. The van der Waals surface area contributed by atoms with Crippen molar-refractivity contribution in [2.45, 2.75) is 43.7 Å². The summed E-state index contributed by atoms with van der Waals surface area (Å²) in [6.45, 7) is 3.63. The second-order valence-corrected chi connectivity index (χ2v) is 8.27. The van der Waals surface area contributed by atoms with Crippen molar-refractivity contribution in [1.29, 1.82) is 0 Å². The summed E-state index contributed by atoms with van der Waals surface area (Å²) in [5.74, 6) is 0.694. The number of sulfonamides is 1. The topological polar surface area (TPSA) is 88.4 Å². The van der Waals surface area contributed by atoms with Crippen molar-refractivity contribution in [2.24, 2.45) is 0 Å². The van der Waals surface area contributed by atoms with E-state index in [0.29, 0.717) is 0 Å². The van der Waals surface area contributed by atoms with Crippen molar-refractivity contribution in [3.8, 4) is 0 Å². The molecule has 118 valence electrons. The largest absolute Gasteiger partial charge is 0.477 e. The zero-order valence-corrected chi connectivity index (χ0v) is 13.7.